The third-order valence-corrected chi connectivity index (χ3v) is 6.07. The molecule has 148 valence electrons. The van der Waals surface area contributed by atoms with Crippen molar-refractivity contribution in [2.45, 2.75) is 12.5 Å². The Morgan fingerprint density at radius 1 is 1.21 bits per heavy atom. The van der Waals surface area contributed by atoms with Gasteiger partial charge in [-0.2, -0.15) is 0 Å². The lowest BCUT2D eigenvalue weighted by Gasteiger charge is -2.40. The minimum Gasteiger partial charge on any atom is -0.497 e. The summed E-state index contributed by atoms with van der Waals surface area (Å²) in [5.41, 5.74) is 3.14. The van der Waals surface area contributed by atoms with Crippen LogP contribution in [0.5, 0.6) is 5.75 Å². The Bertz CT molecular complexity index is 1140. The van der Waals surface area contributed by atoms with Crippen LogP contribution < -0.4 is 10.1 Å². The number of ether oxygens (including phenoxy) is 1. The maximum atomic E-state index is 13.6. The number of benzene rings is 2. The molecule has 0 saturated carbocycles. The van der Waals surface area contributed by atoms with Gasteiger partial charge in [-0.3, -0.25) is 14.2 Å². The molecule has 1 unspecified atom stereocenters. The number of rotatable bonds is 2. The van der Waals surface area contributed by atoms with E-state index in [-0.39, 0.29) is 24.3 Å². The number of carbonyl (C=O) groups is 2. The van der Waals surface area contributed by atoms with Gasteiger partial charge in [0.25, 0.3) is 5.91 Å². The molecule has 3 aromatic rings. The number of aromatic nitrogens is 1. The van der Waals surface area contributed by atoms with Crippen molar-refractivity contribution in [2.75, 3.05) is 26.7 Å². The first kappa shape index (κ1) is 18.2. The zero-order valence-corrected chi connectivity index (χ0v) is 16.7. The summed E-state index contributed by atoms with van der Waals surface area (Å²) in [6, 6.07) is 12.4. The van der Waals surface area contributed by atoms with E-state index in [9.17, 15) is 9.59 Å². The zero-order chi connectivity index (χ0) is 20.1. The molecule has 1 N–H and O–H groups in total. The number of nitrogens with zero attached hydrogens (tertiary/aromatic N) is 2. The number of nitrogens with one attached hydrogen (secondary N) is 1. The summed E-state index contributed by atoms with van der Waals surface area (Å²) in [5.74, 6) is 0.677. The van der Waals surface area contributed by atoms with Gasteiger partial charge in [0, 0.05) is 35.6 Å². The number of hydrogen-bond acceptors (Lipinski definition) is 4. The van der Waals surface area contributed by atoms with E-state index in [2.05, 4.69) is 5.32 Å². The SMILES string of the molecule is COc1ccc2c(c1)c1c(n2C(=O)c2ccc(Cl)cc2)C2CNCCN2C(=O)C1. The minimum absolute atomic E-state index is 0.102. The molecule has 2 aliphatic heterocycles. The van der Waals surface area contributed by atoms with Gasteiger partial charge in [-0.05, 0) is 48.0 Å². The van der Waals surface area contributed by atoms with Gasteiger partial charge in [-0.1, -0.05) is 11.6 Å². The van der Waals surface area contributed by atoms with Crippen molar-refractivity contribution < 1.29 is 14.3 Å². The monoisotopic (exact) mass is 409 g/mol. The molecule has 1 atom stereocenters. The van der Waals surface area contributed by atoms with Crippen LogP contribution in [-0.4, -0.2) is 48.0 Å². The van der Waals surface area contributed by atoms with E-state index in [1.807, 2.05) is 23.1 Å². The number of hydrogen-bond donors (Lipinski definition) is 1. The number of piperazine rings is 1. The maximum absolute atomic E-state index is 13.6. The first-order valence-electron chi connectivity index (χ1n) is 9.60. The van der Waals surface area contributed by atoms with Crippen LogP contribution in [0.4, 0.5) is 0 Å². The molecule has 1 aromatic heterocycles. The number of methoxy groups -OCH3 is 1. The van der Waals surface area contributed by atoms with Crippen molar-refractivity contribution >= 4 is 34.3 Å². The number of halogens is 1. The molecular weight excluding hydrogens is 390 g/mol. The van der Waals surface area contributed by atoms with E-state index in [0.717, 1.165) is 28.7 Å². The largest absolute Gasteiger partial charge is 0.497 e. The fourth-order valence-corrected chi connectivity index (χ4v) is 4.58. The Balaban J connectivity index is 1.77. The van der Waals surface area contributed by atoms with Crippen molar-refractivity contribution in [1.82, 2.24) is 14.8 Å². The van der Waals surface area contributed by atoms with E-state index in [1.165, 1.54) is 0 Å². The number of carbonyl (C=O) groups excluding carboxylic acids is 2. The molecule has 5 rings (SSSR count). The van der Waals surface area contributed by atoms with Crippen molar-refractivity contribution in [1.29, 1.82) is 0 Å². The van der Waals surface area contributed by atoms with Crippen molar-refractivity contribution in [3.8, 4) is 5.75 Å². The Morgan fingerprint density at radius 2 is 2.00 bits per heavy atom. The zero-order valence-electron chi connectivity index (χ0n) is 15.9. The smallest absolute Gasteiger partial charge is 0.262 e. The van der Waals surface area contributed by atoms with Gasteiger partial charge < -0.3 is 15.0 Å². The molecule has 0 radical (unpaired) electrons. The number of amides is 1. The van der Waals surface area contributed by atoms with Crippen molar-refractivity contribution in [2.24, 2.45) is 0 Å². The van der Waals surface area contributed by atoms with Gasteiger partial charge in [-0.25, -0.2) is 0 Å². The summed E-state index contributed by atoms with van der Waals surface area (Å²) in [6.45, 7) is 2.03. The van der Waals surface area contributed by atoms with Crippen LogP contribution in [0.25, 0.3) is 10.9 Å². The van der Waals surface area contributed by atoms with E-state index in [0.29, 0.717) is 29.4 Å². The normalized spacial score (nSPS) is 18.5. The fraction of sp³-hybridized carbons (Fsp3) is 0.273. The van der Waals surface area contributed by atoms with Gasteiger partial charge in [0.1, 0.15) is 5.75 Å². The summed E-state index contributed by atoms with van der Waals surface area (Å²) in [5, 5.41) is 4.84. The Morgan fingerprint density at radius 3 is 2.76 bits per heavy atom. The van der Waals surface area contributed by atoms with Gasteiger partial charge in [0.05, 0.1) is 30.8 Å². The lowest BCUT2D eigenvalue weighted by atomic mass is 9.95. The fourth-order valence-electron chi connectivity index (χ4n) is 4.46. The second-order valence-corrected chi connectivity index (χ2v) is 7.81. The van der Waals surface area contributed by atoms with Crippen LogP contribution in [0.3, 0.4) is 0 Å². The highest BCUT2D eigenvalue weighted by atomic mass is 35.5. The molecular formula is C22H20ClN3O3. The van der Waals surface area contributed by atoms with E-state index < -0.39 is 0 Å². The van der Waals surface area contributed by atoms with Crippen LogP contribution in [0.2, 0.25) is 5.02 Å². The molecule has 0 aliphatic carbocycles. The van der Waals surface area contributed by atoms with Gasteiger partial charge in [-0.15, -0.1) is 0 Å². The van der Waals surface area contributed by atoms with Crippen LogP contribution >= 0.6 is 11.6 Å². The van der Waals surface area contributed by atoms with Crippen LogP contribution in [0.15, 0.2) is 42.5 Å². The van der Waals surface area contributed by atoms with Crippen molar-refractivity contribution in [3.63, 3.8) is 0 Å². The molecule has 6 nitrogen and oxygen atoms in total. The molecule has 3 heterocycles. The Kier molecular flexibility index (Phi) is 4.33. The van der Waals surface area contributed by atoms with E-state index in [4.69, 9.17) is 16.3 Å². The summed E-state index contributed by atoms with van der Waals surface area (Å²) in [7, 11) is 1.61. The highest BCUT2D eigenvalue weighted by Crippen LogP contribution is 2.39. The minimum atomic E-state index is -0.172. The Labute approximate surface area is 173 Å². The summed E-state index contributed by atoms with van der Waals surface area (Å²) < 4.78 is 7.17. The molecule has 2 aromatic carbocycles. The van der Waals surface area contributed by atoms with E-state index in [1.54, 1.807) is 35.9 Å². The molecule has 1 saturated heterocycles. The quantitative estimate of drug-likeness (QED) is 0.706. The molecule has 29 heavy (non-hydrogen) atoms. The van der Waals surface area contributed by atoms with Gasteiger partial charge in [0.2, 0.25) is 5.91 Å². The lowest BCUT2D eigenvalue weighted by Crippen LogP contribution is -2.52. The van der Waals surface area contributed by atoms with Crippen LogP contribution in [-0.2, 0) is 11.2 Å². The predicted molar refractivity (Wildman–Crippen MR) is 111 cm³/mol. The van der Waals surface area contributed by atoms with E-state index >= 15 is 0 Å². The third-order valence-electron chi connectivity index (χ3n) is 5.82. The summed E-state index contributed by atoms with van der Waals surface area (Å²) in [4.78, 5) is 28.3. The van der Waals surface area contributed by atoms with Crippen LogP contribution in [0.1, 0.15) is 27.7 Å². The average Bonchev–Trinajstić information content (AvgIpc) is 3.07. The first-order chi connectivity index (χ1) is 14.1. The Hall–Kier alpha value is -2.83. The summed E-state index contributed by atoms with van der Waals surface area (Å²) in [6.07, 6.45) is 0.288. The third kappa shape index (κ3) is 2.82. The molecule has 0 spiro atoms. The van der Waals surface area contributed by atoms with Crippen LogP contribution in [0, 0.1) is 0 Å². The highest BCUT2D eigenvalue weighted by Gasteiger charge is 2.39. The van der Waals surface area contributed by atoms with Gasteiger partial charge in [0.15, 0.2) is 0 Å². The maximum Gasteiger partial charge on any atom is 0.262 e. The molecule has 1 amide bonds. The molecule has 2 aliphatic rings. The second-order valence-electron chi connectivity index (χ2n) is 7.38. The molecule has 1 fully saturated rings. The molecule has 7 heteroatoms. The van der Waals surface area contributed by atoms with Crippen molar-refractivity contribution in [3.05, 3.63) is 64.3 Å². The predicted octanol–water partition coefficient (Wildman–Crippen LogP) is 3.02. The first-order valence-corrected chi connectivity index (χ1v) is 9.98. The summed E-state index contributed by atoms with van der Waals surface area (Å²) >= 11 is 6.01. The lowest BCUT2D eigenvalue weighted by molar-refractivity contribution is -0.135. The second kappa shape index (κ2) is 6.90. The standard InChI is InChI=1S/C22H20ClN3O3/c1-29-15-6-7-18-16(10-15)17-11-20(27)25-9-8-24-12-19(25)21(17)26(18)22(28)13-2-4-14(23)5-3-13/h2-7,10,19,24H,8-9,11-12H2,1H3. The van der Waals surface area contributed by atoms with Gasteiger partial charge >= 0.3 is 0 Å². The topological polar surface area (TPSA) is 63.6 Å². The molecule has 0 bridgehead atoms. The number of fused-ring (bicyclic) bond motifs is 5. The highest BCUT2D eigenvalue weighted by molar-refractivity contribution is 6.30. The average molecular weight is 410 g/mol.